The van der Waals surface area contributed by atoms with Gasteiger partial charge in [0.25, 0.3) is 0 Å². The number of nitrogens with zero attached hydrogens (tertiary/aromatic N) is 5. The van der Waals surface area contributed by atoms with E-state index >= 15 is 0 Å². The van der Waals surface area contributed by atoms with E-state index in [1.165, 1.54) is 0 Å². The molecule has 0 bridgehead atoms. The Morgan fingerprint density at radius 3 is 1.25 bits per heavy atom. The maximum atomic E-state index is 6.26. The quantitative estimate of drug-likeness (QED) is 0.168. The van der Waals surface area contributed by atoms with Gasteiger partial charge in [-0.1, -0.05) is 170 Å². The summed E-state index contributed by atoms with van der Waals surface area (Å²) in [5.74, 6) is 1.65. The molecule has 0 N–H and O–H groups in total. The molecular formula is C57H35N5O. The largest absolute Gasteiger partial charge is 0.456 e. The number of fused-ring (bicyclic) bond motifs is 9. The summed E-state index contributed by atoms with van der Waals surface area (Å²) >= 11 is 0. The number of para-hydroxylation sites is 3. The van der Waals surface area contributed by atoms with Crippen molar-refractivity contribution in [1.29, 1.82) is 0 Å². The van der Waals surface area contributed by atoms with Crippen molar-refractivity contribution >= 4 is 65.6 Å². The number of hydrogen-bond donors (Lipinski definition) is 0. The van der Waals surface area contributed by atoms with Crippen molar-refractivity contribution in [3.8, 4) is 56.7 Å². The summed E-state index contributed by atoms with van der Waals surface area (Å²) in [6.07, 6.45) is 0. The minimum absolute atomic E-state index is 0.534. The van der Waals surface area contributed by atoms with Gasteiger partial charge in [-0.15, -0.1) is 0 Å². The summed E-state index contributed by atoms with van der Waals surface area (Å²) < 4.78 is 10.7. The van der Waals surface area contributed by atoms with Crippen molar-refractivity contribution in [2.24, 2.45) is 0 Å². The SMILES string of the molecule is c1ccc(-c2ccc3c4ccc(-c5ccccc5)cc4n(-c4nc(-c5ccc(-c6ccc7c(c6)oc6ccccc67)cc5)nc(-n5c6ccccc6c6ccccc65)n4)c3c2)cc1. The number of furan rings is 1. The Morgan fingerprint density at radius 2 is 0.667 bits per heavy atom. The van der Waals surface area contributed by atoms with E-state index < -0.39 is 0 Å². The molecule has 6 nitrogen and oxygen atoms in total. The van der Waals surface area contributed by atoms with Crippen molar-refractivity contribution in [2.45, 2.75) is 0 Å². The van der Waals surface area contributed by atoms with Crippen LogP contribution in [-0.2, 0) is 0 Å². The first-order chi connectivity index (χ1) is 31.2. The van der Waals surface area contributed by atoms with E-state index in [0.29, 0.717) is 17.7 Å². The molecule has 4 heterocycles. The minimum Gasteiger partial charge on any atom is -0.456 e. The maximum Gasteiger partial charge on any atom is 0.240 e. The van der Waals surface area contributed by atoms with Crippen LogP contribution in [-0.4, -0.2) is 24.1 Å². The van der Waals surface area contributed by atoms with E-state index in [2.05, 4.69) is 203 Å². The molecule has 13 aromatic rings. The zero-order valence-electron chi connectivity index (χ0n) is 33.9. The Bertz CT molecular complexity index is 3750. The molecule has 0 saturated heterocycles. The molecule has 0 fully saturated rings. The Kier molecular flexibility index (Phi) is 7.80. The molecule has 294 valence electrons. The van der Waals surface area contributed by atoms with Gasteiger partial charge in [0.2, 0.25) is 11.9 Å². The zero-order valence-corrected chi connectivity index (χ0v) is 33.9. The number of hydrogen-bond acceptors (Lipinski definition) is 4. The van der Waals surface area contributed by atoms with Gasteiger partial charge in [0.05, 0.1) is 22.1 Å². The molecule has 63 heavy (non-hydrogen) atoms. The zero-order chi connectivity index (χ0) is 41.4. The molecule has 13 rings (SSSR count). The van der Waals surface area contributed by atoms with Crippen molar-refractivity contribution in [3.05, 3.63) is 212 Å². The lowest BCUT2D eigenvalue weighted by Gasteiger charge is -2.13. The second-order valence-corrected chi connectivity index (χ2v) is 16.0. The average Bonchev–Trinajstić information content (AvgIpc) is 4.01. The fourth-order valence-electron chi connectivity index (χ4n) is 9.39. The normalized spacial score (nSPS) is 11.8. The predicted molar refractivity (Wildman–Crippen MR) is 258 cm³/mol. The van der Waals surface area contributed by atoms with Crippen molar-refractivity contribution in [2.75, 3.05) is 0 Å². The van der Waals surface area contributed by atoms with Gasteiger partial charge in [-0.2, -0.15) is 15.0 Å². The molecule has 9 aromatic carbocycles. The smallest absolute Gasteiger partial charge is 0.240 e. The average molecular weight is 806 g/mol. The Balaban J connectivity index is 1.05. The molecular weight excluding hydrogens is 771 g/mol. The van der Waals surface area contributed by atoms with Gasteiger partial charge in [-0.3, -0.25) is 9.13 Å². The lowest BCUT2D eigenvalue weighted by molar-refractivity contribution is 0.669. The Morgan fingerprint density at radius 1 is 0.270 bits per heavy atom. The first-order valence-electron chi connectivity index (χ1n) is 21.2. The summed E-state index contributed by atoms with van der Waals surface area (Å²) in [6, 6.07) is 74.6. The van der Waals surface area contributed by atoms with Crippen LogP contribution in [0.15, 0.2) is 217 Å². The third kappa shape index (κ3) is 5.69. The van der Waals surface area contributed by atoms with Crippen LogP contribution in [0.2, 0.25) is 0 Å². The van der Waals surface area contributed by atoms with Gasteiger partial charge in [0, 0.05) is 37.9 Å². The number of benzene rings is 9. The van der Waals surface area contributed by atoms with E-state index in [0.717, 1.165) is 104 Å². The van der Waals surface area contributed by atoms with E-state index in [4.69, 9.17) is 19.4 Å². The molecule has 0 aliphatic rings. The number of aromatic nitrogens is 5. The molecule has 4 aromatic heterocycles. The molecule has 0 saturated carbocycles. The summed E-state index contributed by atoms with van der Waals surface area (Å²) in [5.41, 5.74) is 13.4. The third-order valence-corrected chi connectivity index (χ3v) is 12.4. The monoisotopic (exact) mass is 805 g/mol. The third-order valence-electron chi connectivity index (χ3n) is 12.4. The molecule has 0 unspecified atom stereocenters. The number of rotatable bonds is 6. The maximum absolute atomic E-state index is 6.26. The van der Waals surface area contributed by atoms with E-state index in [1.54, 1.807) is 0 Å². The fraction of sp³-hybridized carbons (Fsp3) is 0. The highest BCUT2D eigenvalue weighted by Crippen LogP contribution is 2.39. The van der Waals surface area contributed by atoms with E-state index in [9.17, 15) is 0 Å². The van der Waals surface area contributed by atoms with E-state index in [1.807, 2.05) is 18.2 Å². The lowest BCUT2D eigenvalue weighted by atomic mass is 10.0. The Labute approximate surface area is 361 Å². The second-order valence-electron chi connectivity index (χ2n) is 16.0. The van der Waals surface area contributed by atoms with Gasteiger partial charge in [0.15, 0.2) is 5.82 Å². The molecule has 0 amide bonds. The molecule has 0 atom stereocenters. The molecule has 0 aliphatic carbocycles. The molecule has 0 aliphatic heterocycles. The molecule has 6 heteroatoms. The van der Waals surface area contributed by atoms with Crippen LogP contribution in [0.1, 0.15) is 0 Å². The minimum atomic E-state index is 0.534. The highest BCUT2D eigenvalue weighted by Gasteiger charge is 2.22. The highest BCUT2D eigenvalue weighted by atomic mass is 16.3. The first-order valence-corrected chi connectivity index (χ1v) is 21.2. The van der Waals surface area contributed by atoms with Gasteiger partial charge in [-0.25, -0.2) is 0 Å². The van der Waals surface area contributed by atoms with Gasteiger partial charge in [-0.05, 0) is 75.8 Å². The Hall–Kier alpha value is -8.61. The van der Waals surface area contributed by atoms with E-state index in [-0.39, 0.29) is 0 Å². The fourth-order valence-corrected chi connectivity index (χ4v) is 9.39. The predicted octanol–water partition coefficient (Wildman–Crippen LogP) is 14.6. The first kappa shape index (κ1) is 35.2. The molecule has 0 spiro atoms. The summed E-state index contributed by atoms with van der Waals surface area (Å²) in [7, 11) is 0. The van der Waals surface area contributed by atoms with Crippen LogP contribution in [0.25, 0.3) is 122 Å². The van der Waals surface area contributed by atoms with Gasteiger partial charge >= 0.3 is 0 Å². The lowest BCUT2D eigenvalue weighted by Crippen LogP contribution is -2.10. The van der Waals surface area contributed by atoms with Crippen molar-refractivity contribution in [3.63, 3.8) is 0 Å². The summed E-state index contributed by atoms with van der Waals surface area (Å²) in [5, 5.41) is 6.75. The topological polar surface area (TPSA) is 61.7 Å². The van der Waals surface area contributed by atoms with Crippen LogP contribution < -0.4 is 0 Å². The standard InChI is InChI=1S/C57H35N5O/c1-3-13-36(14-4-1)40-27-30-45-46-31-28-41(37-15-5-2-6-16-37)34-52(46)62(51(45)33-40)57-59-55(58-56(60-57)61-49-20-10-7-17-43(49)44-18-8-11-21-50(44)61)39-25-23-38(24-26-39)42-29-32-48-47-19-9-12-22-53(47)63-54(48)35-42/h1-35H. The summed E-state index contributed by atoms with van der Waals surface area (Å²) in [6.45, 7) is 0. The van der Waals surface area contributed by atoms with Crippen LogP contribution in [0.5, 0.6) is 0 Å². The van der Waals surface area contributed by atoms with Gasteiger partial charge in [0.1, 0.15) is 11.2 Å². The van der Waals surface area contributed by atoms with Crippen molar-refractivity contribution in [1.82, 2.24) is 24.1 Å². The van der Waals surface area contributed by atoms with Crippen LogP contribution in [0, 0.1) is 0 Å². The van der Waals surface area contributed by atoms with Gasteiger partial charge < -0.3 is 4.42 Å². The van der Waals surface area contributed by atoms with Crippen LogP contribution in [0.4, 0.5) is 0 Å². The second kappa shape index (κ2) is 14.0. The van der Waals surface area contributed by atoms with Crippen LogP contribution >= 0.6 is 0 Å². The highest BCUT2D eigenvalue weighted by molar-refractivity contribution is 6.12. The van der Waals surface area contributed by atoms with Crippen molar-refractivity contribution < 1.29 is 4.42 Å². The summed E-state index contributed by atoms with van der Waals surface area (Å²) in [4.78, 5) is 16.2. The van der Waals surface area contributed by atoms with Crippen LogP contribution in [0.3, 0.4) is 0 Å². The molecule has 0 radical (unpaired) electrons.